The number of halogens is 1. The Labute approximate surface area is 103 Å². The molecule has 0 aliphatic carbocycles. The van der Waals surface area contributed by atoms with Crippen molar-refractivity contribution in [2.75, 3.05) is 0 Å². The summed E-state index contributed by atoms with van der Waals surface area (Å²) in [6, 6.07) is 9.17. The Balaban J connectivity index is 2.10. The fourth-order valence-corrected chi connectivity index (χ4v) is 2.02. The molecule has 0 radical (unpaired) electrons. The van der Waals surface area contributed by atoms with E-state index in [2.05, 4.69) is 0 Å². The van der Waals surface area contributed by atoms with Gasteiger partial charge in [0, 0.05) is 16.0 Å². The Morgan fingerprint density at radius 2 is 1.94 bits per heavy atom. The zero-order valence-electron chi connectivity index (χ0n) is 8.39. The highest BCUT2D eigenvalue weighted by Gasteiger charge is 2.00. The third-order valence-corrected chi connectivity index (χ3v) is 3.04. The maximum absolute atomic E-state index is 11.6. The largest absolute Gasteiger partial charge is 0.289 e. The standard InChI is InChI=1S/C13H9ClOS/c14-12-4-1-10(2-5-12)3-6-13(15)11-7-8-16-9-11/h1-9H. The molecule has 0 saturated heterocycles. The summed E-state index contributed by atoms with van der Waals surface area (Å²) in [6.45, 7) is 0. The van der Waals surface area contributed by atoms with Crippen LogP contribution in [-0.4, -0.2) is 5.78 Å². The molecule has 0 spiro atoms. The molecule has 2 aromatic rings. The van der Waals surface area contributed by atoms with Gasteiger partial charge in [-0.25, -0.2) is 0 Å². The summed E-state index contributed by atoms with van der Waals surface area (Å²) in [5, 5.41) is 4.43. The molecule has 80 valence electrons. The first kappa shape index (κ1) is 11.1. The lowest BCUT2D eigenvalue weighted by Gasteiger charge is -1.93. The lowest BCUT2D eigenvalue weighted by atomic mass is 10.1. The van der Waals surface area contributed by atoms with Gasteiger partial charge in [-0.3, -0.25) is 4.79 Å². The minimum Gasteiger partial charge on any atom is -0.289 e. The first-order valence-corrected chi connectivity index (χ1v) is 6.08. The fraction of sp³-hybridized carbons (Fsp3) is 0. The van der Waals surface area contributed by atoms with Crippen molar-refractivity contribution in [3.8, 4) is 0 Å². The van der Waals surface area contributed by atoms with Crippen LogP contribution >= 0.6 is 22.9 Å². The molecule has 16 heavy (non-hydrogen) atoms. The third kappa shape index (κ3) is 2.81. The van der Waals surface area contributed by atoms with Gasteiger partial charge in [0.25, 0.3) is 0 Å². The highest BCUT2D eigenvalue weighted by atomic mass is 35.5. The number of carbonyl (C=O) groups is 1. The van der Waals surface area contributed by atoms with Gasteiger partial charge in [-0.1, -0.05) is 29.8 Å². The van der Waals surface area contributed by atoms with E-state index in [1.165, 1.54) is 11.3 Å². The number of hydrogen-bond acceptors (Lipinski definition) is 2. The molecule has 3 heteroatoms. The van der Waals surface area contributed by atoms with Gasteiger partial charge in [0.2, 0.25) is 0 Å². The van der Waals surface area contributed by atoms with E-state index in [4.69, 9.17) is 11.6 Å². The average Bonchev–Trinajstić information content (AvgIpc) is 2.81. The van der Waals surface area contributed by atoms with Crippen LogP contribution in [0.2, 0.25) is 5.02 Å². The molecule has 1 nitrogen and oxygen atoms in total. The van der Waals surface area contributed by atoms with E-state index in [0.29, 0.717) is 5.02 Å². The minimum atomic E-state index is 0.0243. The Kier molecular flexibility index (Phi) is 3.54. The normalized spacial score (nSPS) is 10.8. The Morgan fingerprint density at radius 3 is 2.56 bits per heavy atom. The molecular formula is C13H9ClOS. The minimum absolute atomic E-state index is 0.0243. The van der Waals surface area contributed by atoms with Crippen LogP contribution in [0, 0.1) is 0 Å². The van der Waals surface area contributed by atoms with Crippen LogP contribution in [0.1, 0.15) is 15.9 Å². The van der Waals surface area contributed by atoms with E-state index in [9.17, 15) is 4.79 Å². The van der Waals surface area contributed by atoms with Crippen molar-refractivity contribution in [2.24, 2.45) is 0 Å². The monoisotopic (exact) mass is 248 g/mol. The van der Waals surface area contributed by atoms with Crippen molar-refractivity contribution >= 4 is 34.8 Å². The molecule has 0 aliphatic heterocycles. The van der Waals surface area contributed by atoms with E-state index in [0.717, 1.165) is 11.1 Å². The molecule has 0 unspecified atom stereocenters. The molecule has 2 rings (SSSR count). The molecular weight excluding hydrogens is 240 g/mol. The molecule has 0 amide bonds. The number of carbonyl (C=O) groups excluding carboxylic acids is 1. The number of allylic oxidation sites excluding steroid dienone is 1. The van der Waals surface area contributed by atoms with Gasteiger partial charge >= 0.3 is 0 Å². The van der Waals surface area contributed by atoms with Crippen LogP contribution in [0.25, 0.3) is 6.08 Å². The number of benzene rings is 1. The summed E-state index contributed by atoms with van der Waals surface area (Å²) in [7, 11) is 0. The number of hydrogen-bond donors (Lipinski definition) is 0. The van der Waals surface area contributed by atoms with Crippen LogP contribution in [0.4, 0.5) is 0 Å². The molecule has 0 bridgehead atoms. The Hall–Kier alpha value is -1.38. The zero-order valence-corrected chi connectivity index (χ0v) is 9.96. The molecule has 0 atom stereocenters. The first-order chi connectivity index (χ1) is 7.75. The highest BCUT2D eigenvalue weighted by molar-refractivity contribution is 7.08. The predicted molar refractivity (Wildman–Crippen MR) is 69.1 cm³/mol. The van der Waals surface area contributed by atoms with Gasteiger partial charge in [0.15, 0.2) is 5.78 Å². The molecule has 1 heterocycles. The smallest absolute Gasteiger partial charge is 0.186 e. The maximum atomic E-state index is 11.6. The summed E-state index contributed by atoms with van der Waals surface area (Å²) in [5.41, 5.74) is 1.70. The van der Waals surface area contributed by atoms with Crippen molar-refractivity contribution in [3.05, 3.63) is 63.3 Å². The van der Waals surface area contributed by atoms with Gasteiger partial charge in [-0.15, -0.1) is 0 Å². The average molecular weight is 249 g/mol. The van der Waals surface area contributed by atoms with Gasteiger partial charge in [0.1, 0.15) is 0 Å². The van der Waals surface area contributed by atoms with Crippen molar-refractivity contribution in [1.82, 2.24) is 0 Å². The maximum Gasteiger partial charge on any atom is 0.186 e. The summed E-state index contributed by atoms with van der Waals surface area (Å²) < 4.78 is 0. The lowest BCUT2D eigenvalue weighted by molar-refractivity contribution is 0.104. The highest BCUT2D eigenvalue weighted by Crippen LogP contribution is 2.12. The van der Waals surface area contributed by atoms with E-state index in [1.54, 1.807) is 24.3 Å². The molecule has 0 fully saturated rings. The van der Waals surface area contributed by atoms with Gasteiger partial charge in [-0.05, 0) is 35.2 Å². The van der Waals surface area contributed by atoms with E-state index in [-0.39, 0.29) is 5.78 Å². The fourth-order valence-electron chi connectivity index (χ4n) is 1.25. The Morgan fingerprint density at radius 1 is 1.19 bits per heavy atom. The predicted octanol–water partition coefficient (Wildman–Crippen LogP) is 4.30. The number of thiophene rings is 1. The van der Waals surface area contributed by atoms with E-state index in [1.807, 2.05) is 29.0 Å². The second-order valence-corrected chi connectivity index (χ2v) is 4.48. The van der Waals surface area contributed by atoms with Gasteiger partial charge in [-0.2, -0.15) is 11.3 Å². The van der Waals surface area contributed by atoms with Crippen LogP contribution in [0.5, 0.6) is 0 Å². The number of ketones is 1. The molecule has 0 saturated carbocycles. The van der Waals surface area contributed by atoms with Crippen molar-refractivity contribution in [2.45, 2.75) is 0 Å². The van der Waals surface area contributed by atoms with Crippen LogP contribution < -0.4 is 0 Å². The molecule has 1 aromatic heterocycles. The molecule has 0 N–H and O–H groups in total. The van der Waals surface area contributed by atoms with Gasteiger partial charge < -0.3 is 0 Å². The quantitative estimate of drug-likeness (QED) is 0.585. The van der Waals surface area contributed by atoms with Crippen LogP contribution in [0.15, 0.2) is 47.2 Å². The summed E-state index contributed by atoms with van der Waals surface area (Å²) in [4.78, 5) is 11.6. The zero-order chi connectivity index (χ0) is 11.4. The van der Waals surface area contributed by atoms with E-state index < -0.39 is 0 Å². The van der Waals surface area contributed by atoms with Gasteiger partial charge in [0.05, 0.1) is 0 Å². The lowest BCUT2D eigenvalue weighted by Crippen LogP contribution is -1.89. The van der Waals surface area contributed by atoms with E-state index >= 15 is 0 Å². The summed E-state index contributed by atoms with van der Waals surface area (Å²) >= 11 is 7.29. The third-order valence-electron chi connectivity index (χ3n) is 2.10. The number of rotatable bonds is 3. The van der Waals surface area contributed by atoms with Crippen LogP contribution in [0.3, 0.4) is 0 Å². The summed E-state index contributed by atoms with van der Waals surface area (Å²) in [6.07, 6.45) is 3.36. The topological polar surface area (TPSA) is 17.1 Å². The van der Waals surface area contributed by atoms with Crippen LogP contribution in [-0.2, 0) is 0 Å². The second-order valence-electron chi connectivity index (χ2n) is 3.26. The Bertz CT molecular complexity index is 497. The second kappa shape index (κ2) is 5.10. The molecule has 1 aromatic carbocycles. The first-order valence-electron chi connectivity index (χ1n) is 4.76. The molecule has 0 aliphatic rings. The summed E-state index contributed by atoms with van der Waals surface area (Å²) in [5.74, 6) is 0.0243. The van der Waals surface area contributed by atoms with Crippen molar-refractivity contribution in [1.29, 1.82) is 0 Å². The van der Waals surface area contributed by atoms with Crippen molar-refractivity contribution < 1.29 is 4.79 Å². The van der Waals surface area contributed by atoms with Crippen molar-refractivity contribution in [3.63, 3.8) is 0 Å². The SMILES string of the molecule is O=C(C=Cc1ccc(Cl)cc1)c1ccsc1.